The average molecular weight is 789 g/mol. The molecular weight excluding hydrogens is 729 g/mol. The highest BCUT2D eigenvalue weighted by atomic mass is 32.2. The van der Waals surface area contributed by atoms with Crippen molar-refractivity contribution in [2.24, 2.45) is 28.1 Å². The quantitative estimate of drug-likeness (QED) is 0.151. The molecule has 0 spiro atoms. The maximum atomic E-state index is 14.9. The molecule has 3 heterocycles. The molecule has 1 saturated heterocycles. The van der Waals surface area contributed by atoms with Crippen LogP contribution in [0.5, 0.6) is 0 Å². The van der Waals surface area contributed by atoms with Gasteiger partial charge in [0.05, 0.1) is 10.9 Å². The average Bonchev–Trinajstić information content (AvgIpc) is 3.56. The minimum Gasteiger partial charge on any atom is -0.346 e. The third-order valence-electron chi connectivity index (χ3n) is 12.5. The molecule has 4 N–H and O–H groups in total. The van der Waals surface area contributed by atoms with E-state index in [1.165, 1.54) is 21.7 Å². The van der Waals surface area contributed by atoms with Crippen LogP contribution >= 0.6 is 11.3 Å². The van der Waals surface area contributed by atoms with E-state index in [0.717, 1.165) is 30.6 Å². The van der Waals surface area contributed by atoms with Crippen molar-refractivity contribution in [1.82, 2.24) is 30.5 Å². The summed E-state index contributed by atoms with van der Waals surface area (Å²) in [5.74, 6) is -2.45. The van der Waals surface area contributed by atoms with Gasteiger partial charge in [-0.15, -0.1) is 17.9 Å². The lowest BCUT2D eigenvalue weighted by Crippen LogP contribution is -2.63. The summed E-state index contributed by atoms with van der Waals surface area (Å²) in [7, 11) is -3.70. The van der Waals surface area contributed by atoms with Crippen molar-refractivity contribution in [3.63, 3.8) is 0 Å². The molecule has 15 heteroatoms. The van der Waals surface area contributed by atoms with Crippen LogP contribution in [0.1, 0.15) is 105 Å². The number of nitrogens with one attached hydrogen (secondary N) is 4. The summed E-state index contributed by atoms with van der Waals surface area (Å²) in [6.07, 6.45) is 7.34. The van der Waals surface area contributed by atoms with Crippen molar-refractivity contribution in [3.05, 3.63) is 29.0 Å². The highest BCUT2D eigenvalue weighted by Crippen LogP contribution is 2.65. The molecule has 6 atom stereocenters. The summed E-state index contributed by atoms with van der Waals surface area (Å²) in [4.78, 5) is 71.8. The Morgan fingerprint density at radius 2 is 1.74 bits per heavy atom. The predicted octanol–water partition coefficient (Wildman–Crippen LogP) is 4.33. The van der Waals surface area contributed by atoms with Gasteiger partial charge in [0, 0.05) is 37.1 Å². The Kier molecular flexibility index (Phi) is 12.4. The molecule has 5 amide bonds. The zero-order chi connectivity index (χ0) is 39.8. The Labute approximate surface area is 324 Å². The SMILES string of the molecule is C=CCNC(=O)C(=O)C(CCCC)NC(=O)C1[C@H]2[C@@H](CN1C(=O)C(NC(=O)NC(CN1Cc3sccc3S1(=O)=O)C(C)(C)C)C1(C)CCCCC1)C2(C)C. The fourth-order valence-electron chi connectivity index (χ4n) is 8.80. The predicted molar refractivity (Wildman–Crippen MR) is 208 cm³/mol. The van der Waals surface area contributed by atoms with E-state index in [0.29, 0.717) is 30.7 Å². The third-order valence-corrected chi connectivity index (χ3v) is 15.4. The van der Waals surface area contributed by atoms with E-state index in [4.69, 9.17) is 0 Å². The number of unbranched alkanes of at least 4 members (excludes halogenated alkanes) is 1. The van der Waals surface area contributed by atoms with Crippen LogP contribution in [0.15, 0.2) is 29.0 Å². The summed E-state index contributed by atoms with van der Waals surface area (Å²) < 4.78 is 28.1. The molecule has 13 nitrogen and oxygen atoms in total. The van der Waals surface area contributed by atoms with Gasteiger partial charge in [-0.2, -0.15) is 4.31 Å². The first-order valence-corrected chi connectivity index (χ1v) is 21.8. The molecule has 1 aromatic heterocycles. The second-order valence-electron chi connectivity index (χ2n) is 17.6. The maximum absolute atomic E-state index is 14.9. The fourth-order valence-corrected chi connectivity index (χ4v) is 11.7. The number of Topliss-reactive ketones (excluding diaryl/α,β-unsaturated/α-hetero) is 1. The smallest absolute Gasteiger partial charge is 0.315 e. The Balaban J connectivity index is 1.38. The number of fused-ring (bicyclic) bond motifs is 2. The lowest BCUT2D eigenvalue weighted by Gasteiger charge is -2.43. The van der Waals surface area contributed by atoms with Crippen LogP contribution in [0.2, 0.25) is 0 Å². The molecule has 300 valence electrons. The zero-order valence-electron chi connectivity index (χ0n) is 33.0. The van der Waals surface area contributed by atoms with Gasteiger partial charge >= 0.3 is 6.03 Å². The first kappa shape index (κ1) is 41.9. The number of sulfonamides is 1. The fraction of sp³-hybridized carbons (Fsp3) is 0.718. The molecule has 0 aromatic carbocycles. The molecule has 2 aliphatic heterocycles. The summed E-state index contributed by atoms with van der Waals surface area (Å²) in [6.45, 7) is 18.3. The van der Waals surface area contributed by atoms with Gasteiger partial charge in [0.25, 0.3) is 5.91 Å². The van der Waals surface area contributed by atoms with Gasteiger partial charge in [-0.1, -0.05) is 86.6 Å². The Bertz CT molecular complexity index is 1730. The Morgan fingerprint density at radius 1 is 1.06 bits per heavy atom. The van der Waals surface area contributed by atoms with Crippen LogP contribution in [0.25, 0.3) is 0 Å². The third kappa shape index (κ3) is 8.42. The number of carbonyl (C=O) groups is 5. The van der Waals surface area contributed by atoms with E-state index in [9.17, 15) is 32.4 Å². The van der Waals surface area contributed by atoms with Gasteiger partial charge in [-0.25, -0.2) is 13.2 Å². The first-order valence-electron chi connectivity index (χ1n) is 19.4. The van der Waals surface area contributed by atoms with Crippen molar-refractivity contribution in [2.75, 3.05) is 19.6 Å². The summed E-state index contributed by atoms with van der Waals surface area (Å²) in [6, 6.07) is -2.43. The number of likely N-dealkylation sites (tertiary alicyclic amines) is 1. The number of carbonyl (C=O) groups excluding carboxylic acids is 5. The molecule has 2 aliphatic carbocycles. The molecule has 54 heavy (non-hydrogen) atoms. The van der Waals surface area contributed by atoms with Gasteiger partial charge in [-0.3, -0.25) is 19.2 Å². The lowest BCUT2D eigenvalue weighted by molar-refractivity contribution is -0.146. The number of ketones is 1. The van der Waals surface area contributed by atoms with E-state index in [2.05, 4.69) is 41.7 Å². The van der Waals surface area contributed by atoms with Crippen LogP contribution < -0.4 is 21.3 Å². The molecule has 1 aromatic rings. The molecule has 4 unspecified atom stereocenters. The van der Waals surface area contributed by atoms with Crippen LogP contribution in [0.4, 0.5) is 4.79 Å². The number of thiophene rings is 1. The Morgan fingerprint density at radius 3 is 2.35 bits per heavy atom. The van der Waals surface area contributed by atoms with E-state index in [1.54, 1.807) is 16.3 Å². The monoisotopic (exact) mass is 788 g/mol. The van der Waals surface area contributed by atoms with Gasteiger partial charge in [0.1, 0.15) is 12.1 Å². The second kappa shape index (κ2) is 16.0. The number of rotatable bonds is 15. The van der Waals surface area contributed by atoms with Crippen molar-refractivity contribution in [3.8, 4) is 0 Å². The normalized spacial score (nSPS) is 25.3. The van der Waals surface area contributed by atoms with Crippen LogP contribution in [0.3, 0.4) is 0 Å². The Hall–Kier alpha value is -3.30. The molecule has 4 aliphatic rings. The van der Waals surface area contributed by atoms with Crippen LogP contribution in [-0.2, 0) is 35.7 Å². The number of piperidine rings is 1. The minimum absolute atomic E-state index is 0.0578. The summed E-state index contributed by atoms with van der Waals surface area (Å²) in [5, 5.41) is 13.2. The van der Waals surface area contributed by atoms with Crippen LogP contribution in [-0.4, -0.2) is 91.0 Å². The minimum atomic E-state index is -3.70. The summed E-state index contributed by atoms with van der Waals surface area (Å²) >= 11 is 1.39. The van der Waals surface area contributed by atoms with E-state index in [1.807, 2.05) is 34.6 Å². The largest absolute Gasteiger partial charge is 0.346 e. The number of urea groups is 1. The number of amides is 5. The standard InChI is InChI=1S/C39H60N6O7S2/c1-9-11-15-25(31(46)34(48)40-19-10-2)41-33(47)30-29-24(38(29,6)7)21-45(30)35(49)32(39(8)17-13-12-14-18-39)43-36(50)42-28(37(3,4)5)23-44-22-26-27(16-20-53-26)54(44,51)52/h10,16,20,24-25,28-30,32H,2,9,11-15,17-19,21-23H2,1,3-8H3,(H,40,48)(H,41,47)(H2,42,43,50)/t24-,25?,28?,29-,30?,32?/m1/s1. The first-order chi connectivity index (χ1) is 25.3. The van der Waals surface area contributed by atoms with Gasteiger partial charge < -0.3 is 26.2 Å². The van der Waals surface area contributed by atoms with Crippen molar-refractivity contribution >= 4 is 50.9 Å². The maximum Gasteiger partial charge on any atom is 0.315 e. The molecule has 2 saturated carbocycles. The van der Waals surface area contributed by atoms with Gasteiger partial charge in [0.15, 0.2) is 0 Å². The van der Waals surface area contributed by atoms with E-state index >= 15 is 0 Å². The van der Waals surface area contributed by atoms with E-state index in [-0.39, 0.29) is 49.2 Å². The number of hydrogen-bond acceptors (Lipinski definition) is 8. The van der Waals surface area contributed by atoms with Crippen molar-refractivity contribution in [1.29, 1.82) is 0 Å². The molecule has 0 radical (unpaired) electrons. The molecule has 0 bridgehead atoms. The zero-order valence-corrected chi connectivity index (χ0v) is 34.6. The molecule has 3 fully saturated rings. The van der Waals surface area contributed by atoms with Crippen molar-refractivity contribution in [2.45, 2.75) is 135 Å². The number of hydrogen-bond donors (Lipinski definition) is 4. The second-order valence-corrected chi connectivity index (χ2v) is 20.6. The van der Waals surface area contributed by atoms with Gasteiger partial charge in [-0.05, 0) is 58.8 Å². The molecular formula is C39H60N6O7S2. The molecule has 5 rings (SSSR count). The van der Waals surface area contributed by atoms with E-state index < -0.39 is 68.6 Å². The topological polar surface area (TPSA) is 174 Å². The van der Waals surface area contributed by atoms with Crippen molar-refractivity contribution < 1.29 is 32.4 Å². The van der Waals surface area contributed by atoms with Crippen LogP contribution in [0, 0.1) is 28.1 Å². The lowest BCUT2D eigenvalue weighted by atomic mass is 9.70. The number of nitrogens with zero attached hydrogens (tertiary/aromatic N) is 2. The summed E-state index contributed by atoms with van der Waals surface area (Å²) in [5.41, 5.74) is -1.34. The highest BCUT2D eigenvalue weighted by molar-refractivity contribution is 7.89. The van der Waals surface area contributed by atoms with Gasteiger partial charge in [0.2, 0.25) is 27.6 Å². The highest BCUT2D eigenvalue weighted by Gasteiger charge is 2.70.